The van der Waals surface area contributed by atoms with Crippen LogP contribution in [0.15, 0.2) is 83.9 Å². The number of aromatic amines is 1. The lowest BCUT2D eigenvalue weighted by molar-refractivity contribution is -0.123. The van der Waals surface area contributed by atoms with Crippen LogP contribution in [0.3, 0.4) is 0 Å². The van der Waals surface area contributed by atoms with Crippen LogP contribution in [0.5, 0.6) is 0 Å². The highest BCUT2D eigenvalue weighted by Gasteiger charge is 2.11. The van der Waals surface area contributed by atoms with Crippen molar-refractivity contribution < 1.29 is 24.6 Å². The molecule has 0 unspecified atom stereocenters. The van der Waals surface area contributed by atoms with Gasteiger partial charge in [0.2, 0.25) is 0 Å². The van der Waals surface area contributed by atoms with Crippen molar-refractivity contribution in [1.82, 2.24) is 15.3 Å². The first-order valence-electron chi connectivity index (χ1n) is 9.59. The smallest absolute Gasteiger partial charge is 0.290 e. The standard InChI is InChI=1S/C22H17N3O2.2CH2O2/c26-21(24-12-15-6-2-1-3-7-15)18-10-17(13-23-14-18)19-11-16-8-4-5-9-20(16)25-22(19)27;2*2-1-3/h1-11,13-14H,12H2,(H,24,26)(H,25,27);2*1H,(H,2,3). The van der Waals surface area contributed by atoms with E-state index in [9.17, 15) is 9.59 Å². The molecule has 9 nitrogen and oxygen atoms in total. The molecular formula is C24H21N3O6. The van der Waals surface area contributed by atoms with Gasteiger partial charge in [0, 0.05) is 35.6 Å². The van der Waals surface area contributed by atoms with Crippen LogP contribution in [0.1, 0.15) is 15.9 Å². The fourth-order valence-corrected chi connectivity index (χ4v) is 2.95. The fraction of sp³-hybridized carbons (Fsp3) is 0.0417. The lowest BCUT2D eigenvalue weighted by Crippen LogP contribution is -2.23. The molecule has 0 spiro atoms. The number of carboxylic acid groups (broad SMARTS) is 2. The third-order valence-electron chi connectivity index (χ3n) is 4.36. The van der Waals surface area contributed by atoms with Gasteiger partial charge in [-0.2, -0.15) is 0 Å². The van der Waals surface area contributed by atoms with Gasteiger partial charge in [-0.1, -0.05) is 48.5 Å². The number of rotatable bonds is 4. The first kappa shape index (κ1) is 24.5. The minimum absolute atomic E-state index is 0.211. The number of benzene rings is 2. The summed E-state index contributed by atoms with van der Waals surface area (Å²) in [5.74, 6) is -0.231. The van der Waals surface area contributed by atoms with Crippen molar-refractivity contribution in [1.29, 1.82) is 0 Å². The van der Waals surface area contributed by atoms with E-state index in [4.69, 9.17) is 19.8 Å². The Labute approximate surface area is 188 Å². The Kier molecular flexibility index (Phi) is 9.50. The van der Waals surface area contributed by atoms with Crippen LogP contribution in [0, 0.1) is 0 Å². The van der Waals surface area contributed by atoms with Gasteiger partial charge >= 0.3 is 0 Å². The molecule has 4 aromatic rings. The van der Waals surface area contributed by atoms with Crippen LogP contribution in [-0.4, -0.2) is 39.0 Å². The van der Waals surface area contributed by atoms with Gasteiger partial charge in [-0.3, -0.25) is 24.2 Å². The second-order valence-corrected chi connectivity index (χ2v) is 6.44. The molecule has 0 fully saturated rings. The molecule has 1 amide bonds. The third-order valence-corrected chi connectivity index (χ3v) is 4.36. The van der Waals surface area contributed by atoms with Crippen molar-refractivity contribution in [2.45, 2.75) is 6.54 Å². The Hall–Kier alpha value is -4.79. The number of para-hydroxylation sites is 1. The maximum atomic E-state index is 12.5. The molecule has 9 heteroatoms. The molecule has 2 heterocycles. The highest BCUT2D eigenvalue weighted by Crippen LogP contribution is 2.19. The molecule has 0 aliphatic rings. The quantitative estimate of drug-likeness (QED) is 0.351. The number of H-pyrrole nitrogens is 1. The largest absolute Gasteiger partial charge is 0.483 e. The maximum absolute atomic E-state index is 12.5. The molecule has 0 aliphatic heterocycles. The number of amides is 1. The number of carbonyl (C=O) groups excluding carboxylic acids is 1. The molecule has 2 aromatic carbocycles. The zero-order valence-electron chi connectivity index (χ0n) is 17.3. The van der Waals surface area contributed by atoms with Gasteiger partial charge < -0.3 is 20.5 Å². The number of aromatic nitrogens is 2. The minimum Gasteiger partial charge on any atom is -0.483 e. The summed E-state index contributed by atoms with van der Waals surface area (Å²) in [7, 11) is 0. The van der Waals surface area contributed by atoms with E-state index in [1.54, 1.807) is 12.3 Å². The zero-order chi connectivity index (χ0) is 24.1. The summed E-state index contributed by atoms with van der Waals surface area (Å²) in [6.45, 7) is -0.0690. The summed E-state index contributed by atoms with van der Waals surface area (Å²) in [6, 6.07) is 20.7. The Morgan fingerprint density at radius 3 is 2.27 bits per heavy atom. The summed E-state index contributed by atoms with van der Waals surface area (Å²) in [5, 5.41) is 17.6. The van der Waals surface area contributed by atoms with Gasteiger partial charge in [0.05, 0.1) is 5.56 Å². The molecule has 0 radical (unpaired) electrons. The number of nitrogens with zero attached hydrogens (tertiary/aromatic N) is 1. The van der Waals surface area contributed by atoms with E-state index in [0.717, 1.165) is 16.5 Å². The van der Waals surface area contributed by atoms with Gasteiger partial charge in [0.25, 0.3) is 24.4 Å². The second-order valence-electron chi connectivity index (χ2n) is 6.44. The van der Waals surface area contributed by atoms with Crippen LogP contribution in [0.25, 0.3) is 22.0 Å². The molecular weight excluding hydrogens is 426 g/mol. The van der Waals surface area contributed by atoms with Crippen LogP contribution < -0.4 is 10.9 Å². The summed E-state index contributed by atoms with van der Waals surface area (Å²) >= 11 is 0. The molecule has 0 aliphatic carbocycles. The van der Waals surface area contributed by atoms with Gasteiger partial charge in [-0.25, -0.2) is 0 Å². The van der Waals surface area contributed by atoms with E-state index in [1.165, 1.54) is 6.20 Å². The Balaban J connectivity index is 0.000000582. The number of pyridine rings is 2. The lowest BCUT2D eigenvalue weighted by Gasteiger charge is -2.07. The average Bonchev–Trinajstić information content (AvgIpc) is 2.84. The van der Waals surface area contributed by atoms with E-state index in [0.29, 0.717) is 23.2 Å². The molecule has 4 N–H and O–H groups in total. The van der Waals surface area contributed by atoms with Crippen molar-refractivity contribution in [3.8, 4) is 11.1 Å². The summed E-state index contributed by atoms with van der Waals surface area (Å²) in [5.41, 5.74) is 3.08. The van der Waals surface area contributed by atoms with Gasteiger partial charge in [0.15, 0.2) is 0 Å². The summed E-state index contributed by atoms with van der Waals surface area (Å²) < 4.78 is 0. The highest BCUT2D eigenvalue weighted by atomic mass is 16.3. The number of carbonyl (C=O) groups is 3. The monoisotopic (exact) mass is 447 g/mol. The summed E-state index contributed by atoms with van der Waals surface area (Å²) in [6.07, 6.45) is 3.09. The van der Waals surface area contributed by atoms with Crippen LogP contribution >= 0.6 is 0 Å². The van der Waals surface area contributed by atoms with E-state index in [2.05, 4.69) is 15.3 Å². The predicted molar refractivity (Wildman–Crippen MR) is 123 cm³/mol. The maximum Gasteiger partial charge on any atom is 0.290 e. The minimum atomic E-state index is -0.250. The van der Waals surface area contributed by atoms with Crippen LogP contribution in [0.2, 0.25) is 0 Å². The van der Waals surface area contributed by atoms with Crippen LogP contribution in [-0.2, 0) is 16.1 Å². The van der Waals surface area contributed by atoms with Crippen molar-refractivity contribution >= 4 is 29.8 Å². The average molecular weight is 447 g/mol. The van der Waals surface area contributed by atoms with Gasteiger partial charge in [-0.15, -0.1) is 0 Å². The van der Waals surface area contributed by atoms with Crippen molar-refractivity contribution in [3.63, 3.8) is 0 Å². The molecule has 2 aromatic heterocycles. The topological polar surface area (TPSA) is 149 Å². The highest BCUT2D eigenvalue weighted by molar-refractivity contribution is 5.95. The normalized spacial score (nSPS) is 9.45. The Morgan fingerprint density at radius 2 is 1.58 bits per heavy atom. The molecule has 33 heavy (non-hydrogen) atoms. The number of hydrogen-bond acceptors (Lipinski definition) is 5. The lowest BCUT2D eigenvalue weighted by atomic mass is 10.0. The molecule has 4 rings (SSSR count). The molecule has 0 atom stereocenters. The number of fused-ring (bicyclic) bond motifs is 1. The van der Waals surface area contributed by atoms with Crippen molar-refractivity contribution in [2.24, 2.45) is 0 Å². The zero-order valence-corrected chi connectivity index (χ0v) is 17.3. The van der Waals surface area contributed by atoms with E-state index in [1.807, 2.05) is 60.7 Å². The molecule has 0 saturated carbocycles. The van der Waals surface area contributed by atoms with E-state index in [-0.39, 0.29) is 24.4 Å². The van der Waals surface area contributed by atoms with Crippen LogP contribution in [0.4, 0.5) is 0 Å². The fourth-order valence-electron chi connectivity index (χ4n) is 2.95. The Morgan fingerprint density at radius 1 is 0.939 bits per heavy atom. The van der Waals surface area contributed by atoms with E-state index < -0.39 is 0 Å². The molecule has 0 saturated heterocycles. The predicted octanol–water partition coefficient (Wildman–Crippen LogP) is 2.92. The number of nitrogens with one attached hydrogen (secondary N) is 2. The van der Waals surface area contributed by atoms with Gasteiger partial charge in [-0.05, 0) is 29.1 Å². The van der Waals surface area contributed by atoms with E-state index >= 15 is 0 Å². The summed E-state index contributed by atoms with van der Waals surface area (Å²) in [4.78, 5) is 48.6. The molecule has 0 bridgehead atoms. The first-order valence-corrected chi connectivity index (χ1v) is 9.59. The second kappa shape index (κ2) is 12.8. The SMILES string of the molecule is O=C(NCc1ccccc1)c1cncc(-c2cc3ccccc3[nH]c2=O)c1.O=CO.O=CO. The first-order chi connectivity index (χ1) is 16.0. The molecule has 168 valence electrons. The van der Waals surface area contributed by atoms with Crippen molar-refractivity contribution in [2.75, 3.05) is 0 Å². The Bertz CT molecular complexity index is 1270. The number of hydrogen-bond donors (Lipinski definition) is 4. The van der Waals surface area contributed by atoms with Gasteiger partial charge in [0.1, 0.15) is 0 Å². The third kappa shape index (κ3) is 7.14. The van der Waals surface area contributed by atoms with Crippen molar-refractivity contribution in [3.05, 3.63) is 101 Å².